The second kappa shape index (κ2) is 10.7. The number of allylic oxidation sites excluding steroid dienone is 2. The number of likely N-dealkylation sites (tertiary alicyclic amines) is 1. The molecule has 2 aliphatic heterocycles. The highest BCUT2D eigenvalue weighted by molar-refractivity contribution is 7.09. The predicted molar refractivity (Wildman–Crippen MR) is 155 cm³/mol. The zero-order chi connectivity index (χ0) is 27.1. The Kier molecular flexibility index (Phi) is 7.17. The van der Waals surface area contributed by atoms with Gasteiger partial charge < -0.3 is 9.84 Å². The van der Waals surface area contributed by atoms with Gasteiger partial charge in [-0.1, -0.05) is 67.5 Å². The number of benzene rings is 2. The van der Waals surface area contributed by atoms with Crippen LogP contribution in [-0.2, 0) is 20.9 Å². The number of carbonyl (C=O) groups is 2. The Bertz CT molecular complexity index is 1470. The first kappa shape index (κ1) is 26.0. The van der Waals surface area contributed by atoms with Gasteiger partial charge >= 0.3 is 0 Å². The molecule has 0 radical (unpaired) electrons. The first-order valence-corrected chi connectivity index (χ1v) is 15.0. The SMILES string of the molecule is CCC1=C2[C@@H](CC/C(=C/c3ccc(O)c4ccccc34)CC)OC[C@@H]2[C@@H]2C(=O)N(Cc3cccs3)C(=O)[C@@H]2C1. The van der Waals surface area contributed by atoms with Crippen molar-refractivity contribution < 1.29 is 19.4 Å². The molecule has 5 nitrogen and oxygen atoms in total. The number of amides is 2. The van der Waals surface area contributed by atoms with Crippen molar-refractivity contribution in [1.29, 1.82) is 0 Å². The molecule has 1 aromatic heterocycles. The molecule has 2 aromatic carbocycles. The van der Waals surface area contributed by atoms with Gasteiger partial charge in [-0.3, -0.25) is 14.5 Å². The number of ether oxygens (including phenoxy) is 1. The van der Waals surface area contributed by atoms with Crippen LogP contribution in [0.25, 0.3) is 16.8 Å². The van der Waals surface area contributed by atoms with E-state index in [1.54, 1.807) is 17.4 Å². The number of imide groups is 1. The van der Waals surface area contributed by atoms with Gasteiger partial charge in [-0.15, -0.1) is 11.3 Å². The third-order valence-electron chi connectivity index (χ3n) is 8.90. The fraction of sp³-hybridized carbons (Fsp3) is 0.394. The van der Waals surface area contributed by atoms with Crippen LogP contribution in [0, 0.1) is 17.8 Å². The van der Waals surface area contributed by atoms with Crippen LogP contribution < -0.4 is 0 Å². The highest BCUT2D eigenvalue weighted by atomic mass is 32.1. The number of phenols is 1. The van der Waals surface area contributed by atoms with Crippen molar-refractivity contribution in [3.05, 3.63) is 81.1 Å². The summed E-state index contributed by atoms with van der Waals surface area (Å²) in [4.78, 5) is 29.5. The maximum absolute atomic E-state index is 13.6. The molecule has 0 saturated carbocycles. The average Bonchev–Trinajstić information content (AvgIpc) is 3.68. The van der Waals surface area contributed by atoms with Gasteiger partial charge in [-0.25, -0.2) is 0 Å². The number of hydrogen-bond donors (Lipinski definition) is 1. The van der Waals surface area contributed by atoms with Crippen LogP contribution in [0.4, 0.5) is 0 Å². The monoisotopic (exact) mass is 541 g/mol. The second-order valence-electron chi connectivity index (χ2n) is 10.9. The molecule has 6 heteroatoms. The number of hydrogen-bond acceptors (Lipinski definition) is 5. The minimum Gasteiger partial charge on any atom is -0.507 e. The van der Waals surface area contributed by atoms with Gasteiger partial charge in [-0.2, -0.15) is 0 Å². The lowest BCUT2D eigenvalue weighted by atomic mass is 9.69. The summed E-state index contributed by atoms with van der Waals surface area (Å²) in [6, 6.07) is 15.7. The fourth-order valence-corrected chi connectivity index (χ4v) is 7.60. The van der Waals surface area contributed by atoms with E-state index in [0.29, 0.717) is 25.3 Å². The molecule has 202 valence electrons. The topological polar surface area (TPSA) is 66.8 Å². The quantitative estimate of drug-likeness (QED) is 0.244. The lowest BCUT2D eigenvalue weighted by molar-refractivity contribution is -0.140. The lowest BCUT2D eigenvalue weighted by Crippen LogP contribution is -2.34. The minimum absolute atomic E-state index is 0.00332. The minimum atomic E-state index is -0.294. The van der Waals surface area contributed by atoms with Gasteiger partial charge in [0.25, 0.3) is 0 Å². The van der Waals surface area contributed by atoms with Crippen molar-refractivity contribution in [2.75, 3.05) is 6.61 Å². The molecule has 39 heavy (non-hydrogen) atoms. The maximum Gasteiger partial charge on any atom is 0.234 e. The summed E-state index contributed by atoms with van der Waals surface area (Å²) in [7, 11) is 0. The van der Waals surface area contributed by atoms with Gasteiger partial charge in [0.05, 0.1) is 31.1 Å². The van der Waals surface area contributed by atoms with Crippen molar-refractivity contribution in [1.82, 2.24) is 4.90 Å². The Hall–Kier alpha value is -3.22. The van der Waals surface area contributed by atoms with Crippen molar-refractivity contribution in [2.24, 2.45) is 17.8 Å². The van der Waals surface area contributed by atoms with Crippen LogP contribution in [0.2, 0.25) is 0 Å². The number of carbonyl (C=O) groups excluding carboxylic acids is 2. The molecule has 2 saturated heterocycles. The molecular weight excluding hydrogens is 506 g/mol. The Labute approximate surface area is 233 Å². The molecule has 0 spiro atoms. The van der Waals surface area contributed by atoms with E-state index >= 15 is 0 Å². The predicted octanol–water partition coefficient (Wildman–Crippen LogP) is 7.11. The van der Waals surface area contributed by atoms with Crippen molar-refractivity contribution in [2.45, 2.75) is 58.6 Å². The van der Waals surface area contributed by atoms with Crippen molar-refractivity contribution >= 4 is 40.0 Å². The normalized spacial score (nSPS) is 25.1. The lowest BCUT2D eigenvalue weighted by Gasteiger charge is -2.31. The summed E-state index contributed by atoms with van der Waals surface area (Å²) < 4.78 is 6.40. The number of rotatable bonds is 8. The van der Waals surface area contributed by atoms with E-state index in [1.165, 1.54) is 21.6 Å². The van der Waals surface area contributed by atoms with Crippen molar-refractivity contribution in [3.63, 3.8) is 0 Å². The Morgan fingerprint density at radius 1 is 1.05 bits per heavy atom. The van der Waals surface area contributed by atoms with Gasteiger partial charge in [0.1, 0.15) is 5.75 Å². The van der Waals surface area contributed by atoms with Gasteiger partial charge in [0.15, 0.2) is 0 Å². The molecule has 6 rings (SSSR count). The molecule has 3 heterocycles. The highest BCUT2D eigenvalue weighted by Crippen LogP contribution is 2.50. The third kappa shape index (κ3) is 4.64. The van der Waals surface area contributed by atoms with E-state index < -0.39 is 0 Å². The molecule has 3 aliphatic rings. The number of phenolic OH excluding ortho intramolecular Hbond substituents is 1. The second-order valence-corrected chi connectivity index (χ2v) is 12.0. The first-order valence-electron chi connectivity index (χ1n) is 14.1. The maximum atomic E-state index is 13.6. The molecule has 3 aromatic rings. The highest BCUT2D eigenvalue weighted by Gasteiger charge is 2.56. The Morgan fingerprint density at radius 3 is 2.62 bits per heavy atom. The average molecular weight is 542 g/mol. The van der Waals surface area contributed by atoms with Crippen LogP contribution in [0.1, 0.15) is 56.4 Å². The molecule has 2 amide bonds. The van der Waals surface area contributed by atoms with Gasteiger partial charge in [0.2, 0.25) is 11.8 Å². The van der Waals surface area contributed by atoms with E-state index in [1.807, 2.05) is 41.8 Å². The summed E-state index contributed by atoms with van der Waals surface area (Å²) in [5.41, 5.74) is 5.05. The Balaban J connectivity index is 1.22. The number of nitrogens with zero attached hydrogens (tertiary/aromatic N) is 1. The third-order valence-corrected chi connectivity index (χ3v) is 9.76. The van der Waals surface area contributed by atoms with Gasteiger partial charge in [0, 0.05) is 16.2 Å². The largest absolute Gasteiger partial charge is 0.507 e. The number of aromatic hydroxyl groups is 1. The zero-order valence-electron chi connectivity index (χ0n) is 22.6. The summed E-state index contributed by atoms with van der Waals surface area (Å²) >= 11 is 1.59. The fourth-order valence-electron chi connectivity index (χ4n) is 6.91. The van der Waals surface area contributed by atoms with E-state index in [9.17, 15) is 14.7 Å². The molecule has 2 fully saturated rings. The van der Waals surface area contributed by atoms with Crippen molar-refractivity contribution in [3.8, 4) is 5.75 Å². The van der Waals surface area contributed by atoms with Crippen LogP contribution in [-0.4, -0.2) is 34.5 Å². The molecule has 1 N–H and O–H groups in total. The molecule has 4 atom stereocenters. The van der Waals surface area contributed by atoms with E-state index in [4.69, 9.17) is 4.74 Å². The van der Waals surface area contributed by atoms with Crippen LogP contribution in [0.3, 0.4) is 0 Å². The van der Waals surface area contributed by atoms with Gasteiger partial charge in [-0.05, 0) is 66.1 Å². The molecule has 0 unspecified atom stereocenters. The number of thiophene rings is 1. The van der Waals surface area contributed by atoms with Crippen LogP contribution in [0.15, 0.2) is 70.6 Å². The zero-order valence-corrected chi connectivity index (χ0v) is 23.4. The standard InChI is InChI=1S/C33H35NO4S/c1-3-20(16-22-12-13-28(35)25-10-6-5-9-24(22)25)11-14-29-30-21(4-2)17-26-31(27(30)19-38-29)33(37)34(32(26)36)18-23-8-7-15-39-23/h5-10,12-13,15-16,26-27,29,31,35H,3-4,11,14,17-19H2,1-2H3/b20-16+/t26-,27+,29-,31-/m1/s1. The molecular formula is C33H35NO4S. The van der Waals surface area contributed by atoms with Crippen LogP contribution >= 0.6 is 11.3 Å². The van der Waals surface area contributed by atoms with Crippen LogP contribution in [0.5, 0.6) is 5.75 Å². The van der Waals surface area contributed by atoms with E-state index in [0.717, 1.165) is 46.9 Å². The molecule has 0 bridgehead atoms. The summed E-state index contributed by atoms with van der Waals surface area (Å²) in [5.74, 6) is -0.272. The Morgan fingerprint density at radius 2 is 1.87 bits per heavy atom. The summed E-state index contributed by atoms with van der Waals surface area (Å²) in [5, 5.41) is 14.2. The summed E-state index contributed by atoms with van der Waals surface area (Å²) in [6.07, 6.45) is 6.50. The number of fused-ring (bicyclic) bond motifs is 4. The van der Waals surface area contributed by atoms with E-state index in [-0.39, 0.29) is 35.7 Å². The first-order chi connectivity index (χ1) is 19.0. The smallest absolute Gasteiger partial charge is 0.234 e. The van der Waals surface area contributed by atoms with E-state index in [2.05, 4.69) is 26.0 Å². The summed E-state index contributed by atoms with van der Waals surface area (Å²) in [6.45, 7) is 5.24. The molecule has 1 aliphatic carbocycles.